The molecule has 0 aliphatic carbocycles. The monoisotopic (exact) mass is 300 g/mol. The Morgan fingerprint density at radius 2 is 1.73 bits per heavy atom. The number of hydrogen-bond acceptors (Lipinski definition) is 7. The van der Waals surface area contributed by atoms with E-state index in [0.29, 0.717) is 11.1 Å². The van der Waals surface area contributed by atoms with Gasteiger partial charge in [0, 0.05) is 17.3 Å². The van der Waals surface area contributed by atoms with Crippen molar-refractivity contribution < 1.29 is 19.1 Å². The Morgan fingerprint density at radius 1 is 1.05 bits per heavy atom. The Balaban J connectivity index is 2.71. The Hall–Kier alpha value is -3.09. The van der Waals surface area contributed by atoms with Crippen molar-refractivity contribution in [3.63, 3.8) is 0 Å². The number of nitrogens with zero attached hydrogens (tertiary/aromatic N) is 2. The van der Waals surface area contributed by atoms with Crippen molar-refractivity contribution in [3.05, 3.63) is 52.7 Å². The van der Waals surface area contributed by atoms with Crippen LogP contribution in [0.2, 0.25) is 0 Å². The van der Waals surface area contributed by atoms with Gasteiger partial charge in [-0.3, -0.25) is 0 Å². The molecule has 2 rings (SSSR count). The van der Waals surface area contributed by atoms with Gasteiger partial charge in [0.1, 0.15) is 11.4 Å². The first-order chi connectivity index (χ1) is 10.6. The van der Waals surface area contributed by atoms with Crippen LogP contribution < -0.4 is 0 Å². The summed E-state index contributed by atoms with van der Waals surface area (Å²) in [6.45, 7) is 0. The van der Waals surface area contributed by atoms with Crippen LogP contribution in [0.25, 0.3) is 11.1 Å². The maximum Gasteiger partial charge on any atom is 0.356 e. The lowest BCUT2D eigenvalue weighted by atomic mass is 9.99. The highest BCUT2D eigenvalue weighted by Crippen LogP contribution is 2.33. The van der Waals surface area contributed by atoms with Gasteiger partial charge in [0.15, 0.2) is 0 Å². The lowest BCUT2D eigenvalue weighted by molar-refractivity contribution is 0.0581. The molecule has 0 unspecified atom stereocenters. The maximum absolute atomic E-state index is 11.9. The molecule has 0 saturated carbocycles. The lowest BCUT2D eigenvalue weighted by Gasteiger charge is -2.10. The highest BCUT2D eigenvalue weighted by atomic mass is 16.5. The van der Waals surface area contributed by atoms with E-state index in [9.17, 15) is 14.5 Å². The summed E-state index contributed by atoms with van der Waals surface area (Å²) < 4.78 is 9.30. The molecule has 0 saturated heterocycles. The maximum atomic E-state index is 11.9. The molecule has 112 valence electrons. The van der Waals surface area contributed by atoms with Gasteiger partial charge in [0.05, 0.1) is 19.8 Å². The highest BCUT2D eigenvalue weighted by molar-refractivity contribution is 6.00. The zero-order valence-corrected chi connectivity index (χ0v) is 11.9. The smallest absolute Gasteiger partial charge is 0.356 e. The van der Waals surface area contributed by atoms with Gasteiger partial charge < -0.3 is 9.47 Å². The van der Waals surface area contributed by atoms with Crippen LogP contribution in [0.4, 0.5) is 5.69 Å². The second-order valence-corrected chi connectivity index (χ2v) is 4.21. The number of hydrogen-bond donors (Lipinski definition) is 0. The summed E-state index contributed by atoms with van der Waals surface area (Å²) >= 11 is 0. The SMILES string of the molecule is COC(=O)c1cc(-c2ccccc2N=O)c(C(=O)OC)cn1. The second kappa shape index (κ2) is 6.57. The zero-order chi connectivity index (χ0) is 16.1. The van der Waals surface area contributed by atoms with Crippen molar-refractivity contribution in [3.8, 4) is 11.1 Å². The van der Waals surface area contributed by atoms with Crippen molar-refractivity contribution in [1.82, 2.24) is 4.98 Å². The first kappa shape index (κ1) is 15.3. The number of ether oxygens (including phenoxy) is 2. The molecule has 7 heteroatoms. The molecule has 7 nitrogen and oxygen atoms in total. The molecule has 0 N–H and O–H groups in total. The van der Waals surface area contributed by atoms with Crippen LogP contribution in [0.15, 0.2) is 41.7 Å². The topological polar surface area (TPSA) is 94.9 Å². The summed E-state index contributed by atoms with van der Waals surface area (Å²) in [5.41, 5.74) is 0.967. The molecule has 0 spiro atoms. The molecule has 0 aliphatic rings. The summed E-state index contributed by atoms with van der Waals surface area (Å²) in [6, 6.07) is 7.80. The molecule has 0 atom stereocenters. The first-order valence-electron chi connectivity index (χ1n) is 6.21. The number of benzene rings is 1. The van der Waals surface area contributed by atoms with Crippen LogP contribution >= 0.6 is 0 Å². The molecule has 1 heterocycles. The number of carbonyl (C=O) groups is 2. The first-order valence-corrected chi connectivity index (χ1v) is 6.21. The van der Waals surface area contributed by atoms with E-state index < -0.39 is 11.9 Å². The zero-order valence-electron chi connectivity index (χ0n) is 11.9. The molecule has 0 amide bonds. The number of nitroso groups, excluding NO2 is 1. The Kier molecular flexibility index (Phi) is 4.57. The van der Waals surface area contributed by atoms with Gasteiger partial charge in [-0.25, -0.2) is 14.6 Å². The molecular formula is C15H12N2O5. The molecule has 22 heavy (non-hydrogen) atoms. The third-order valence-corrected chi connectivity index (χ3v) is 3.00. The van der Waals surface area contributed by atoms with E-state index in [4.69, 9.17) is 4.74 Å². The average molecular weight is 300 g/mol. The van der Waals surface area contributed by atoms with E-state index in [0.717, 1.165) is 0 Å². The Bertz CT molecular complexity index is 742. The number of esters is 2. The third-order valence-electron chi connectivity index (χ3n) is 3.00. The summed E-state index contributed by atoms with van der Waals surface area (Å²) in [6.07, 6.45) is 1.20. The minimum atomic E-state index is -0.658. The number of pyridine rings is 1. The third kappa shape index (κ3) is 2.83. The second-order valence-electron chi connectivity index (χ2n) is 4.21. The van der Waals surface area contributed by atoms with Crippen LogP contribution in [0.1, 0.15) is 20.8 Å². The van der Waals surface area contributed by atoms with Crippen molar-refractivity contribution in [2.45, 2.75) is 0 Å². The van der Waals surface area contributed by atoms with Gasteiger partial charge in [-0.15, -0.1) is 4.91 Å². The van der Waals surface area contributed by atoms with Crippen molar-refractivity contribution in [1.29, 1.82) is 0 Å². The van der Waals surface area contributed by atoms with E-state index >= 15 is 0 Å². The summed E-state index contributed by atoms with van der Waals surface area (Å²) in [7, 11) is 2.45. The molecular weight excluding hydrogens is 288 g/mol. The number of carbonyl (C=O) groups excluding carboxylic acids is 2. The quantitative estimate of drug-likeness (QED) is 0.636. The molecule has 2 aromatic rings. The lowest BCUT2D eigenvalue weighted by Crippen LogP contribution is -2.09. The van der Waals surface area contributed by atoms with Gasteiger partial charge in [0.25, 0.3) is 0 Å². The molecule has 0 radical (unpaired) electrons. The van der Waals surface area contributed by atoms with Crippen molar-refractivity contribution in [2.75, 3.05) is 14.2 Å². The van der Waals surface area contributed by atoms with Gasteiger partial charge in [-0.1, -0.05) is 18.2 Å². The van der Waals surface area contributed by atoms with Crippen LogP contribution in [0.3, 0.4) is 0 Å². The number of aromatic nitrogens is 1. The Morgan fingerprint density at radius 3 is 2.36 bits per heavy atom. The van der Waals surface area contributed by atoms with E-state index in [1.807, 2.05) is 0 Å². The molecule has 1 aromatic carbocycles. The predicted octanol–water partition coefficient (Wildman–Crippen LogP) is 2.72. The van der Waals surface area contributed by atoms with Gasteiger partial charge in [0.2, 0.25) is 0 Å². The average Bonchev–Trinajstić information content (AvgIpc) is 2.59. The minimum absolute atomic E-state index is 0.00542. The van der Waals surface area contributed by atoms with Gasteiger partial charge in [-0.05, 0) is 17.3 Å². The predicted molar refractivity (Wildman–Crippen MR) is 77.8 cm³/mol. The van der Waals surface area contributed by atoms with Gasteiger partial charge in [-0.2, -0.15) is 0 Å². The van der Waals surface area contributed by atoms with Crippen LogP contribution in [-0.2, 0) is 9.47 Å². The summed E-state index contributed by atoms with van der Waals surface area (Å²) in [4.78, 5) is 38.3. The minimum Gasteiger partial charge on any atom is -0.465 e. The summed E-state index contributed by atoms with van der Waals surface area (Å²) in [5, 5.41) is 2.93. The Labute approximate surface area is 125 Å². The van der Waals surface area contributed by atoms with E-state index in [1.54, 1.807) is 18.2 Å². The number of methoxy groups -OCH3 is 2. The van der Waals surface area contributed by atoms with Crippen LogP contribution in [0.5, 0.6) is 0 Å². The van der Waals surface area contributed by atoms with Crippen molar-refractivity contribution in [2.24, 2.45) is 5.18 Å². The largest absolute Gasteiger partial charge is 0.465 e. The van der Waals surface area contributed by atoms with E-state index in [-0.39, 0.29) is 16.9 Å². The van der Waals surface area contributed by atoms with Crippen LogP contribution in [-0.4, -0.2) is 31.1 Å². The number of rotatable bonds is 4. The van der Waals surface area contributed by atoms with Crippen molar-refractivity contribution >= 4 is 17.6 Å². The molecule has 0 fully saturated rings. The molecule has 0 aliphatic heterocycles. The van der Waals surface area contributed by atoms with E-state index in [2.05, 4.69) is 14.9 Å². The standard InChI is InChI=1S/C15H12N2O5/c1-21-14(18)11-8-16-13(15(19)22-2)7-10(11)9-5-3-4-6-12(9)17-20/h3-8H,1-2H3. The molecule has 0 bridgehead atoms. The fourth-order valence-corrected chi connectivity index (χ4v) is 1.95. The molecule has 1 aromatic heterocycles. The normalized spacial score (nSPS) is 9.91. The fraction of sp³-hybridized carbons (Fsp3) is 0.133. The van der Waals surface area contributed by atoms with E-state index in [1.165, 1.54) is 32.5 Å². The van der Waals surface area contributed by atoms with Gasteiger partial charge >= 0.3 is 11.9 Å². The summed E-state index contributed by atoms with van der Waals surface area (Å²) in [5.74, 6) is -1.30. The fourth-order valence-electron chi connectivity index (χ4n) is 1.95. The van der Waals surface area contributed by atoms with Crippen LogP contribution in [0, 0.1) is 4.91 Å². The highest BCUT2D eigenvalue weighted by Gasteiger charge is 2.20.